The molecular weight excluding hydrogens is 238 g/mol. The Hall–Kier alpha value is -1.06. The van der Waals surface area contributed by atoms with Gasteiger partial charge in [0.05, 0.1) is 12.6 Å². The quantitative estimate of drug-likeness (QED) is 0.695. The third-order valence-corrected chi connectivity index (χ3v) is 3.56. The van der Waals surface area contributed by atoms with Gasteiger partial charge in [0, 0.05) is 13.1 Å². The van der Waals surface area contributed by atoms with Crippen LogP contribution in [0.25, 0.3) is 0 Å². The highest BCUT2D eigenvalue weighted by Crippen LogP contribution is 2.30. The molecule has 0 bridgehead atoms. The van der Waals surface area contributed by atoms with Gasteiger partial charge < -0.3 is 9.52 Å². The lowest BCUT2D eigenvalue weighted by molar-refractivity contribution is 0.0956. The van der Waals surface area contributed by atoms with Crippen molar-refractivity contribution in [2.24, 2.45) is 5.92 Å². The van der Waals surface area contributed by atoms with Crippen molar-refractivity contribution in [3.05, 3.63) is 36.3 Å². The van der Waals surface area contributed by atoms with E-state index in [1.165, 1.54) is 12.8 Å². The van der Waals surface area contributed by atoms with Gasteiger partial charge in [0.1, 0.15) is 11.5 Å². The molecule has 3 nitrogen and oxygen atoms in total. The molecule has 0 aliphatic heterocycles. The summed E-state index contributed by atoms with van der Waals surface area (Å²) in [5.41, 5.74) is 0. The van der Waals surface area contributed by atoms with Crippen LogP contribution in [0.5, 0.6) is 0 Å². The number of hydrogen-bond donors (Lipinski definition) is 1. The number of furan rings is 1. The van der Waals surface area contributed by atoms with Crippen molar-refractivity contribution in [3.8, 4) is 0 Å². The maximum absolute atomic E-state index is 10.0. The van der Waals surface area contributed by atoms with Gasteiger partial charge >= 0.3 is 0 Å². The highest BCUT2D eigenvalue weighted by atomic mass is 16.3. The van der Waals surface area contributed by atoms with E-state index in [0.29, 0.717) is 0 Å². The SMILES string of the molecule is C=CCC[C@H](O)CN(Cc1ccc(C)o1)CC1CC1. The fraction of sp³-hybridized carbons (Fsp3) is 0.625. The average Bonchev–Trinajstić information content (AvgIpc) is 3.08. The number of aliphatic hydroxyl groups excluding tert-OH is 1. The zero-order valence-electron chi connectivity index (χ0n) is 11.8. The fourth-order valence-corrected chi connectivity index (χ4v) is 2.36. The van der Waals surface area contributed by atoms with Crippen LogP contribution >= 0.6 is 0 Å². The zero-order chi connectivity index (χ0) is 13.7. The fourth-order valence-electron chi connectivity index (χ4n) is 2.36. The van der Waals surface area contributed by atoms with E-state index in [1.807, 2.05) is 25.1 Å². The molecule has 19 heavy (non-hydrogen) atoms. The molecule has 1 heterocycles. The standard InChI is InChI=1S/C16H25NO2/c1-3-4-5-15(18)11-17(10-14-7-8-14)12-16-9-6-13(2)19-16/h3,6,9,14-15,18H,1,4-5,7-8,10-12H2,2H3/t15-/m0/s1. The lowest BCUT2D eigenvalue weighted by atomic mass is 10.1. The largest absolute Gasteiger partial charge is 0.465 e. The first kappa shape index (κ1) is 14.4. The Labute approximate surface area is 115 Å². The second-order valence-corrected chi connectivity index (χ2v) is 5.67. The Balaban J connectivity index is 1.85. The van der Waals surface area contributed by atoms with Gasteiger partial charge in [-0.3, -0.25) is 4.90 Å². The molecule has 1 aromatic rings. The van der Waals surface area contributed by atoms with Crippen molar-refractivity contribution in [2.45, 2.75) is 45.3 Å². The summed E-state index contributed by atoms with van der Waals surface area (Å²) < 4.78 is 5.64. The normalized spacial score (nSPS) is 16.8. The summed E-state index contributed by atoms with van der Waals surface area (Å²) in [5.74, 6) is 2.77. The third kappa shape index (κ3) is 5.21. The molecule has 2 rings (SSSR count). The third-order valence-electron chi connectivity index (χ3n) is 3.56. The number of aryl methyl sites for hydroxylation is 1. The summed E-state index contributed by atoms with van der Waals surface area (Å²) in [5, 5.41) is 10.0. The molecule has 0 saturated heterocycles. The molecule has 0 radical (unpaired) electrons. The van der Waals surface area contributed by atoms with Gasteiger partial charge in [-0.05, 0) is 50.7 Å². The molecular formula is C16H25NO2. The summed E-state index contributed by atoms with van der Waals surface area (Å²) in [7, 11) is 0. The van der Waals surface area contributed by atoms with Gasteiger partial charge in [0.2, 0.25) is 0 Å². The summed E-state index contributed by atoms with van der Waals surface area (Å²) in [6.45, 7) is 8.27. The summed E-state index contributed by atoms with van der Waals surface area (Å²) in [6, 6.07) is 4.03. The molecule has 1 atom stereocenters. The first-order chi connectivity index (χ1) is 9.17. The van der Waals surface area contributed by atoms with Crippen LogP contribution in [0.3, 0.4) is 0 Å². The predicted octanol–water partition coefficient (Wildman–Crippen LogP) is 3.13. The maximum atomic E-state index is 10.0. The topological polar surface area (TPSA) is 36.6 Å². The summed E-state index contributed by atoms with van der Waals surface area (Å²) in [6.07, 6.45) is 5.92. The van der Waals surface area contributed by atoms with Gasteiger partial charge in [-0.15, -0.1) is 6.58 Å². The smallest absolute Gasteiger partial charge is 0.118 e. The highest BCUT2D eigenvalue weighted by Gasteiger charge is 2.25. The molecule has 0 spiro atoms. The number of allylic oxidation sites excluding steroid dienone is 1. The van der Waals surface area contributed by atoms with Crippen molar-refractivity contribution in [1.29, 1.82) is 0 Å². The van der Waals surface area contributed by atoms with E-state index in [-0.39, 0.29) is 6.10 Å². The minimum absolute atomic E-state index is 0.271. The number of aliphatic hydroxyl groups is 1. The molecule has 1 aliphatic carbocycles. The van der Waals surface area contributed by atoms with Crippen LogP contribution in [-0.4, -0.2) is 29.2 Å². The average molecular weight is 263 g/mol. The van der Waals surface area contributed by atoms with E-state index >= 15 is 0 Å². The molecule has 0 unspecified atom stereocenters. The Bertz CT molecular complexity index is 395. The zero-order valence-corrected chi connectivity index (χ0v) is 11.8. The van der Waals surface area contributed by atoms with Gasteiger partial charge in [0.15, 0.2) is 0 Å². The Kier molecular flexibility index (Phi) is 5.23. The molecule has 0 aromatic carbocycles. The van der Waals surface area contributed by atoms with E-state index in [0.717, 1.165) is 49.9 Å². The molecule has 1 saturated carbocycles. The van der Waals surface area contributed by atoms with Crippen molar-refractivity contribution < 1.29 is 9.52 Å². The molecule has 1 aliphatic rings. The van der Waals surface area contributed by atoms with E-state index in [1.54, 1.807) is 0 Å². The number of hydrogen-bond acceptors (Lipinski definition) is 3. The van der Waals surface area contributed by atoms with Crippen LogP contribution < -0.4 is 0 Å². The minimum atomic E-state index is -0.271. The van der Waals surface area contributed by atoms with Gasteiger partial charge in [-0.1, -0.05) is 6.08 Å². The highest BCUT2D eigenvalue weighted by molar-refractivity contribution is 5.05. The van der Waals surface area contributed by atoms with Crippen molar-refractivity contribution in [3.63, 3.8) is 0 Å². The van der Waals surface area contributed by atoms with Gasteiger partial charge in [-0.25, -0.2) is 0 Å². The summed E-state index contributed by atoms with van der Waals surface area (Å²) >= 11 is 0. The lowest BCUT2D eigenvalue weighted by Crippen LogP contribution is -2.33. The van der Waals surface area contributed by atoms with E-state index in [2.05, 4.69) is 11.5 Å². The Morgan fingerprint density at radius 1 is 1.53 bits per heavy atom. The second kappa shape index (κ2) is 6.92. The van der Waals surface area contributed by atoms with Crippen molar-refractivity contribution >= 4 is 0 Å². The first-order valence-electron chi connectivity index (χ1n) is 7.24. The maximum Gasteiger partial charge on any atom is 0.118 e. The van der Waals surface area contributed by atoms with Gasteiger partial charge in [0.25, 0.3) is 0 Å². The molecule has 1 aromatic heterocycles. The van der Waals surface area contributed by atoms with Crippen molar-refractivity contribution in [1.82, 2.24) is 4.90 Å². The minimum Gasteiger partial charge on any atom is -0.465 e. The van der Waals surface area contributed by atoms with Crippen molar-refractivity contribution in [2.75, 3.05) is 13.1 Å². The van der Waals surface area contributed by atoms with Crippen LogP contribution in [0.15, 0.2) is 29.2 Å². The number of rotatable bonds is 9. The van der Waals surface area contributed by atoms with Crippen LogP contribution in [0.4, 0.5) is 0 Å². The Morgan fingerprint density at radius 3 is 2.89 bits per heavy atom. The molecule has 1 fully saturated rings. The molecule has 0 amide bonds. The van der Waals surface area contributed by atoms with Gasteiger partial charge in [-0.2, -0.15) is 0 Å². The molecule has 106 valence electrons. The predicted molar refractivity (Wildman–Crippen MR) is 76.9 cm³/mol. The Morgan fingerprint density at radius 2 is 2.32 bits per heavy atom. The monoisotopic (exact) mass is 263 g/mol. The van der Waals surface area contributed by atoms with E-state index < -0.39 is 0 Å². The molecule has 3 heteroatoms. The lowest BCUT2D eigenvalue weighted by Gasteiger charge is -2.24. The van der Waals surface area contributed by atoms with E-state index in [9.17, 15) is 5.11 Å². The van der Waals surface area contributed by atoms with E-state index in [4.69, 9.17) is 4.42 Å². The van der Waals surface area contributed by atoms with Crippen LogP contribution in [0.2, 0.25) is 0 Å². The van der Waals surface area contributed by atoms with Crippen LogP contribution in [0, 0.1) is 12.8 Å². The van der Waals surface area contributed by atoms with Crippen LogP contribution in [-0.2, 0) is 6.54 Å². The summed E-state index contributed by atoms with van der Waals surface area (Å²) in [4.78, 5) is 2.32. The molecule has 1 N–H and O–H groups in total. The van der Waals surface area contributed by atoms with Crippen LogP contribution in [0.1, 0.15) is 37.2 Å². The number of nitrogens with zero attached hydrogens (tertiary/aromatic N) is 1. The first-order valence-corrected chi connectivity index (χ1v) is 7.24. The second-order valence-electron chi connectivity index (χ2n) is 5.67.